The molecule has 0 saturated heterocycles. The summed E-state index contributed by atoms with van der Waals surface area (Å²) in [6, 6.07) is 9.67. The van der Waals surface area contributed by atoms with Crippen LogP contribution in [0.2, 0.25) is 0 Å². The third-order valence-corrected chi connectivity index (χ3v) is 3.48. The third kappa shape index (κ3) is 2.63. The van der Waals surface area contributed by atoms with E-state index in [0.717, 1.165) is 0 Å². The molecule has 0 radical (unpaired) electrons. The van der Waals surface area contributed by atoms with Crippen LogP contribution in [0.3, 0.4) is 0 Å². The maximum atomic E-state index is 8.95. The normalized spacial score (nSPS) is 26.2. The molecule has 0 amide bonds. The number of benzene rings is 1. The zero-order chi connectivity index (χ0) is 11.5. The monoisotopic (exact) mass is 219 g/mol. The van der Waals surface area contributed by atoms with Gasteiger partial charge in [0.15, 0.2) is 0 Å². The first-order valence-electron chi connectivity index (χ1n) is 6.12. The van der Waals surface area contributed by atoms with E-state index in [1.54, 1.807) is 0 Å². The number of aliphatic hydroxyl groups excluding tert-OH is 1. The molecule has 0 aromatic heterocycles. The van der Waals surface area contributed by atoms with Gasteiger partial charge in [-0.05, 0) is 38.2 Å². The number of rotatable bonds is 4. The second-order valence-corrected chi connectivity index (χ2v) is 5.03. The highest BCUT2D eigenvalue weighted by molar-refractivity contribution is 5.26. The molecule has 1 fully saturated rings. The summed E-state index contributed by atoms with van der Waals surface area (Å²) in [4.78, 5) is 0. The van der Waals surface area contributed by atoms with Gasteiger partial charge >= 0.3 is 0 Å². The average Bonchev–Trinajstić information content (AvgIpc) is 2.24. The molecule has 2 rings (SSSR count). The minimum Gasteiger partial charge on any atom is -0.395 e. The number of aryl methyl sites for hydroxylation is 1. The molecule has 1 aromatic carbocycles. The van der Waals surface area contributed by atoms with Crippen LogP contribution in [-0.2, 0) is 0 Å². The van der Waals surface area contributed by atoms with E-state index in [2.05, 4.69) is 36.5 Å². The molecule has 0 spiro atoms. The molecular weight excluding hydrogens is 198 g/mol. The molecule has 1 saturated carbocycles. The Bertz CT molecular complexity index is 327. The third-order valence-electron chi connectivity index (χ3n) is 3.48. The molecule has 2 heteroatoms. The average molecular weight is 219 g/mol. The predicted octanol–water partition coefficient (Wildman–Crippen LogP) is 2.21. The van der Waals surface area contributed by atoms with Crippen molar-refractivity contribution in [3.05, 3.63) is 35.4 Å². The summed E-state index contributed by atoms with van der Waals surface area (Å²) in [5, 5.41) is 12.4. The van der Waals surface area contributed by atoms with Crippen LogP contribution in [0.15, 0.2) is 24.3 Å². The number of hydrogen-bond acceptors (Lipinski definition) is 2. The Morgan fingerprint density at radius 1 is 1.31 bits per heavy atom. The van der Waals surface area contributed by atoms with E-state index in [4.69, 9.17) is 5.11 Å². The summed E-state index contributed by atoms with van der Waals surface area (Å²) in [6.45, 7) is 4.38. The highest BCUT2D eigenvalue weighted by Crippen LogP contribution is 2.36. The van der Waals surface area contributed by atoms with Gasteiger partial charge in [0, 0.05) is 12.1 Å². The first-order chi connectivity index (χ1) is 7.69. The van der Waals surface area contributed by atoms with Crippen molar-refractivity contribution >= 4 is 0 Å². The Morgan fingerprint density at radius 3 is 2.50 bits per heavy atom. The topological polar surface area (TPSA) is 32.3 Å². The molecule has 0 heterocycles. The van der Waals surface area contributed by atoms with Crippen LogP contribution in [0, 0.1) is 6.92 Å². The van der Waals surface area contributed by atoms with Crippen molar-refractivity contribution in [2.45, 2.75) is 44.7 Å². The molecule has 0 bridgehead atoms. The second kappa shape index (κ2) is 4.98. The summed E-state index contributed by atoms with van der Waals surface area (Å²) in [5.74, 6) is 0.712. The van der Waals surface area contributed by atoms with E-state index >= 15 is 0 Å². The Hall–Kier alpha value is -0.860. The Morgan fingerprint density at radius 2 is 1.94 bits per heavy atom. The van der Waals surface area contributed by atoms with E-state index in [1.807, 2.05) is 6.92 Å². The SMILES string of the molecule is Cc1ccc(C2CC(N[C@@H](C)CO)C2)cc1. The van der Waals surface area contributed by atoms with Gasteiger partial charge in [-0.1, -0.05) is 29.8 Å². The quantitative estimate of drug-likeness (QED) is 0.813. The van der Waals surface area contributed by atoms with Crippen LogP contribution in [-0.4, -0.2) is 23.8 Å². The molecule has 1 atom stereocenters. The van der Waals surface area contributed by atoms with Gasteiger partial charge in [0.25, 0.3) is 0 Å². The Kier molecular flexibility index (Phi) is 3.62. The van der Waals surface area contributed by atoms with Crippen molar-refractivity contribution in [2.24, 2.45) is 0 Å². The van der Waals surface area contributed by atoms with Crippen LogP contribution in [0.1, 0.15) is 36.8 Å². The van der Waals surface area contributed by atoms with Gasteiger partial charge in [-0.3, -0.25) is 0 Å². The van der Waals surface area contributed by atoms with Gasteiger partial charge in [-0.15, -0.1) is 0 Å². The molecule has 1 aliphatic carbocycles. The van der Waals surface area contributed by atoms with Crippen LogP contribution in [0.4, 0.5) is 0 Å². The van der Waals surface area contributed by atoms with Crippen LogP contribution in [0.5, 0.6) is 0 Å². The smallest absolute Gasteiger partial charge is 0.0582 e. The van der Waals surface area contributed by atoms with Crippen LogP contribution < -0.4 is 5.32 Å². The van der Waals surface area contributed by atoms with Crippen molar-refractivity contribution in [3.63, 3.8) is 0 Å². The zero-order valence-corrected chi connectivity index (χ0v) is 10.1. The van der Waals surface area contributed by atoms with Crippen molar-refractivity contribution in [1.82, 2.24) is 5.32 Å². The van der Waals surface area contributed by atoms with E-state index in [0.29, 0.717) is 12.0 Å². The van der Waals surface area contributed by atoms with Gasteiger partial charge < -0.3 is 10.4 Å². The fourth-order valence-electron chi connectivity index (χ4n) is 2.32. The second-order valence-electron chi connectivity index (χ2n) is 5.03. The number of nitrogens with one attached hydrogen (secondary N) is 1. The van der Waals surface area contributed by atoms with Crippen LogP contribution >= 0.6 is 0 Å². The summed E-state index contributed by atoms with van der Waals surface area (Å²) in [7, 11) is 0. The summed E-state index contributed by atoms with van der Waals surface area (Å²) in [5.41, 5.74) is 2.78. The van der Waals surface area contributed by atoms with E-state index in [9.17, 15) is 0 Å². The Balaban J connectivity index is 1.82. The maximum Gasteiger partial charge on any atom is 0.0582 e. The zero-order valence-electron chi connectivity index (χ0n) is 10.1. The fourth-order valence-corrected chi connectivity index (χ4v) is 2.32. The molecule has 1 aromatic rings. The van der Waals surface area contributed by atoms with E-state index in [1.165, 1.54) is 24.0 Å². The van der Waals surface area contributed by atoms with E-state index < -0.39 is 0 Å². The van der Waals surface area contributed by atoms with Gasteiger partial charge in [-0.2, -0.15) is 0 Å². The summed E-state index contributed by atoms with van der Waals surface area (Å²) >= 11 is 0. The largest absolute Gasteiger partial charge is 0.395 e. The minimum atomic E-state index is 0.226. The highest BCUT2D eigenvalue weighted by atomic mass is 16.3. The molecule has 88 valence electrons. The molecule has 2 N–H and O–H groups in total. The molecule has 2 nitrogen and oxygen atoms in total. The van der Waals surface area contributed by atoms with Crippen molar-refractivity contribution in [3.8, 4) is 0 Å². The molecule has 1 aliphatic rings. The lowest BCUT2D eigenvalue weighted by molar-refractivity contribution is 0.204. The predicted molar refractivity (Wildman–Crippen MR) is 66.6 cm³/mol. The Labute approximate surface area is 97.7 Å². The first kappa shape index (κ1) is 11.6. The number of aliphatic hydroxyl groups is 1. The summed E-state index contributed by atoms with van der Waals surface area (Å²) < 4.78 is 0. The molecule has 0 unspecified atom stereocenters. The van der Waals surface area contributed by atoms with Gasteiger partial charge in [-0.25, -0.2) is 0 Å². The van der Waals surface area contributed by atoms with Gasteiger partial charge in [0.1, 0.15) is 0 Å². The first-order valence-corrected chi connectivity index (χ1v) is 6.12. The van der Waals surface area contributed by atoms with E-state index in [-0.39, 0.29) is 12.6 Å². The lowest BCUT2D eigenvalue weighted by atomic mass is 9.75. The number of hydrogen-bond donors (Lipinski definition) is 2. The van der Waals surface area contributed by atoms with Crippen molar-refractivity contribution in [2.75, 3.05) is 6.61 Å². The lowest BCUT2D eigenvalue weighted by Crippen LogP contribution is -2.45. The van der Waals surface area contributed by atoms with Crippen LogP contribution in [0.25, 0.3) is 0 Å². The van der Waals surface area contributed by atoms with Gasteiger partial charge in [0.2, 0.25) is 0 Å². The molecular formula is C14H21NO. The van der Waals surface area contributed by atoms with Crippen molar-refractivity contribution in [1.29, 1.82) is 0 Å². The standard InChI is InChI=1S/C14H21NO/c1-10-3-5-12(6-4-10)13-7-14(8-13)15-11(2)9-16/h3-6,11,13-16H,7-9H2,1-2H3/t11-,13?,14?/m0/s1. The fraction of sp³-hybridized carbons (Fsp3) is 0.571. The lowest BCUT2D eigenvalue weighted by Gasteiger charge is -2.38. The highest BCUT2D eigenvalue weighted by Gasteiger charge is 2.30. The van der Waals surface area contributed by atoms with Gasteiger partial charge in [0.05, 0.1) is 6.61 Å². The van der Waals surface area contributed by atoms with Crippen molar-refractivity contribution < 1.29 is 5.11 Å². The maximum absolute atomic E-state index is 8.95. The minimum absolute atomic E-state index is 0.226. The summed E-state index contributed by atoms with van der Waals surface area (Å²) in [6.07, 6.45) is 2.40. The molecule has 0 aliphatic heterocycles. The molecule has 16 heavy (non-hydrogen) atoms.